The van der Waals surface area contributed by atoms with Crippen molar-refractivity contribution in [2.24, 2.45) is 0 Å². The zero-order chi connectivity index (χ0) is 19.7. The number of hydrogen-bond donors (Lipinski definition) is 0. The number of aromatic nitrogens is 2. The molecule has 0 N–H and O–H groups in total. The minimum atomic E-state index is 0.0505. The standard InChI is InChI=1S/C23H27N3O2/c1-4-18-14-19(25-15-24-21-11-6-5-10-20(21)23(25)27)12-13-26(18)28-22-16(2)8-7-9-17(22)3/h5-11,15,18-19H,4,12-14H2,1-3H3. The highest BCUT2D eigenvalue weighted by molar-refractivity contribution is 5.76. The van der Waals surface area contributed by atoms with Gasteiger partial charge in [-0.1, -0.05) is 37.3 Å². The van der Waals surface area contributed by atoms with Gasteiger partial charge in [-0.05, 0) is 56.4 Å². The van der Waals surface area contributed by atoms with E-state index in [0.717, 1.165) is 48.2 Å². The lowest BCUT2D eigenvalue weighted by atomic mass is 9.97. The van der Waals surface area contributed by atoms with E-state index < -0.39 is 0 Å². The van der Waals surface area contributed by atoms with E-state index in [1.165, 1.54) is 0 Å². The fraction of sp³-hybridized carbons (Fsp3) is 0.391. The van der Waals surface area contributed by atoms with Crippen LogP contribution in [-0.4, -0.2) is 27.2 Å². The maximum absolute atomic E-state index is 13.0. The van der Waals surface area contributed by atoms with Crippen LogP contribution in [0, 0.1) is 13.8 Å². The Balaban J connectivity index is 1.57. The number of aryl methyl sites for hydroxylation is 2. The van der Waals surface area contributed by atoms with Crippen molar-refractivity contribution >= 4 is 10.9 Å². The van der Waals surface area contributed by atoms with Crippen LogP contribution in [0.15, 0.2) is 53.6 Å². The van der Waals surface area contributed by atoms with E-state index in [-0.39, 0.29) is 17.6 Å². The maximum atomic E-state index is 13.0. The number of rotatable bonds is 4. The van der Waals surface area contributed by atoms with Crippen molar-refractivity contribution in [1.29, 1.82) is 0 Å². The molecule has 0 bridgehead atoms. The van der Waals surface area contributed by atoms with Gasteiger partial charge in [-0.25, -0.2) is 4.98 Å². The normalized spacial score (nSPS) is 20.4. The molecule has 2 aromatic carbocycles. The third kappa shape index (κ3) is 3.42. The summed E-state index contributed by atoms with van der Waals surface area (Å²) in [5.41, 5.74) is 3.10. The number of nitrogens with zero attached hydrogens (tertiary/aromatic N) is 3. The van der Waals surface area contributed by atoms with Crippen LogP contribution in [0.4, 0.5) is 0 Å². The van der Waals surface area contributed by atoms with Crippen LogP contribution in [0.25, 0.3) is 10.9 Å². The number of benzene rings is 2. The Hall–Kier alpha value is -2.66. The molecular formula is C23H27N3O2. The van der Waals surface area contributed by atoms with Gasteiger partial charge < -0.3 is 4.84 Å². The molecule has 4 rings (SSSR count). The lowest BCUT2D eigenvalue weighted by molar-refractivity contribution is -0.122. The van der Waals surface area contributed by atoms with Gasteiger partial charge in [0.15, 0.2) is 5.75 Å². The number of hydroxylamine groups is 2. The molecule has 2 unspecified atom stereocenters. The van der Waals surface area contributed by atoms with E-state index in [9.17, 15) is 4.79 Å². The van der Waals surface area contributed by atoms with Crippen molar-refractivity contribution < 1.29 is 4.84 Å². The van der Waals surface area contributed by atoms with E-state index in [0.29, 0.717) is 5.39 Å². The average Bonchev–Trinajstić information content (AvgIpc) is 2.71. The topological polar surface area (TPSA) is 47.4 Å². The summed E-state index contributed by atoms with van der Waals surface area (Å²) in [4.78, 5) is 23.8. The van der Waals surface area contributed by atoms with Crippen molar-refractivity contribution in [3.05, 3.63) is 70.3 Å². The third-order valence-corrected chi connectivity index (χ3v) is 5.81. The van der Waals surface area contributed by atoms with E-state index in [1.54, 1.807) is 6.33 Å². The highest BCUT2D eigenvalue weighted by Gasteiger charge is 2.31. The van der Waals surface area contributed by atoms with Crippen molar-refractivity contribution in [3.63, 3.8) is 0 Å². The zero-order valence-electron chi connectivity index (χ0n) is 16.8. The molecule has 1 aromatic heterocycles. The maximum Gasteiger partial charge on any atom is 0.261 e. The highest BCUT2D eigenvalue weighted by atomic mass is 16.7. The predicted molar refractivity (Wildman–Crippen MR) is 112 cm³/mol. The van der Waals surface area contributed by atoms with E-state index >= 15 is 0 Å². The Morgan fingerprint density at radius 3 is 2.61 bits per heavy atom. The summed E-state index contributed by atoms with van der Waals surface area (Å²) in [5.74, 6) is 0.948. The van der Waals surface area contributed by atoms with Crippen molar-refractivity contribution in [1.82, 2.24) is 14.6 Å². The van der Waals surface area contributed by atoms with Crippen molar-refractivity contribution in [2.75, 3.05) is 6.54 Å². The van der Waals surface area contributed by atoms with Gasteiger partial charge in [0.1, 0.15) is 0 Å². The van der Waals surface area contributed by atoms with Gasteiger partial charge in [-0.3, -0.25) is 9.36 Å². The molecule has 1 saturated heterocycles. The smallest absolute Gasteiger partial charge is 0.261 e. The first-order valence-corrected chi connectivity index (χ1v) is 10.0. The monoisotopic (exact) mass is 377 g/mol. The second-order valence-electron chi connectivity index (χ2n) is 7.67. The second kappa shape index (κ2) is 7.76. The van der Waals surface area contributed by atoms with Crippen LogP contribution >= 0.6 is 0 Å². The zero-order valence-corrected chi connectivity index (χ0v) is 16.8. The summed E-state index contributed by atoms with van der Waals surface area (Å²) < 4.78 is 1.82. The molecular weight excluding hydrogens is 350 g/mol. The lowest BCUT2D eigenvalue weighted by Crippen LogP contribution is -2.46. The first-order chi connectivity index (χ1) is 13.6. The molecule has 1 aliphatic rings. The Labute approximate surface area is 165 Å². The quantitative estimate of drug-likeness (QED) is 0.675. The highest BCUT2D eigenvalue weighted by Crippen LogP contribution is 2.31. The molecule has 5 nitrogen and oxygen atoms in total. The van der Waals surface area contributed by atoms with Crippen LogP contribution in [0.3, 0.4) is 0 Å². The fourth-order valence-electron chi connectivity index (χ4n) is 4.15. The summed E-state index contributed by atoms with van der Waals surface area (Å²) in [6, 6.07) is 14.2. The van der Waals surface area contributed by atoms with Gasteiger partial charge in [0.05, 0.1) is 17.2 Å². The number of piperidine rings is 1. The van der Waals surface area contributed by atoms with Crippen LogP contribution < -0.4 is 10.4 Å². The molecule has 0 radical (unpaired) electrons. The number of hydrogen-bond acceptors (Lipinski definition) is 4. The van der Waals surface area contributed by atoms with Crippen LogP contribution in [-0.2, 0) is 0 Å². The Bertz CT molecular complexity index is 1020. The summed E-state index contributed by atoms with van der Waals surface area (Å²) in [6.07, 6.45) is 4.42. The first-order valence-electron chi connectivity index (χ1n) is 10.0. The summed E-state index contributed by atoms with van der Waals surface area (Å²) in [5, 5.41) is 2.79. The van der Waals surface area contributed by atoms with Gasteiger partial charge in [-0.15, -0.1) is 5.06 Å². The average molecular weight is 377 g/mol. The Morgan fingerprint density at radius 1 is 1.11 bits per heavy atom. The number of para-hydroxylation sites is 2. The molecule has 5 heteroatoms. The molecule has 0 aliphatic carbocycles. The van der Waals surface area contributed by atoms with Gasteiger partial charge >= 0.3 is 0 Å². The SMILES string of the molecule is CCC1CC(n2cnc3ccccc3c2=O)CCN1Oc1c(C)cccc1C. The molecule has 28 heavy (non-hydrogen) atoms. The molecule has 146 valence electrons. The molecule has 0 amide bonds. The number of fused-ring (bicyclic) bond motifs is 1. The predicted octanol–water partition coefficient (Wildman–Crippen LogP) is 4.42. The summed E-state index contributed by atoms with van der Waals surface area (Å²) in [7, 11) is 0. The molecule has 1 aliphatic heterocycles. The van der Waals surface area contributed by atoms with E-state index in [4.69, 9.17) is 4.84 Å². The Morgan fingerprint density at radius 2 is 1.86 bits per heavy atom. The molecule has 1 fully saturated rings. The fourth-order valence-corrected chi connectivity index (χ4v) is 4.15. The van der Waals surface area contributed by atoms with Gasteiger partial charge in [0.2, 0.25) is 0 Å². The molecule has 3 aromatic rings. The van der Waals surface area contributed by atoms with Crippen LogP contribution in [0.1, 0.15) is 43.4 Å². The van der Waals surface area contributed by atoms with Crippen LogP contribution in [0.5, 0.6) is 5.75 Å². The summed E-state index contributed by atoms with van der Waals surface area (Å²) in [6.45, 7) is 7.12. The second-order valence-corrected chi connectivity index (χ2v) is 7.67. The van der Waals surface area contributed by atoms with Gasteiger partial charge in [-0.2, -0.15) is 0 Å². The van der Waals surface area contributed by atoms with E-state index in [1.807, 2.05) is 28.8 Å². The molecule has 2 atom stereocenters. The molecule has 0 spiro atoms. The minimum Gasteiger partial charge on any atom is -0.405 e. The Kier molecular flexibility index (Phi) is 5.18. The van der Waals surface area contributed by atoms with Crippen molar-refractivity contribution in [2.45, 2.75) is 52.1 Å². The van der Waals surface area contributed by atoms with Gasteiger partial charge in [0, 0.05) is 18.6 Å². The van der Waals surface area contributed by atoms with Crippen LogP contribution in [0.2, 0.25) is 0 Å². The van der Waals surface area contributed by atoms with E-state index in [2.05, 4.69) is 49.0 Å². The lowest BCUT2D eigenvalue weighted by Gasteiger charge is -2.39. The largest absolute Gasteiger partial charge is 0.405 e. The third-order valence-electron chi connectivity index (χ3n) is 5.81. The molecule has 0 saturated carbocycles. The van der Waals surface area contributed by atoms with Gasteiger partial charge in [0.25, 0.3) is 5.56 Å². The first kappa shape index (κ1) is 18.7. The minimum absolute atomic E-state index is 0.0505. The molecule has 2 heterocycles. The van der Waals surface area contributed by atoms with Crippen molar-refractivity contribution in [3.8, 4) is 5.75 Å². The summed E-state index contributed by atoms with van der Waals surface area (Å²) >= 11 is 0.